The third-order valence-electron chi connectivity index (χ3n) is 14.2. The van der Waals surface area contributed by atoms with Crippen molar-refractivity contribution in [2.45, 2.75) is 129 Å². The zero-order chi connectivity index (χ0) is 55.2. The van der Waals surface area contributed by atoms with Gasteiger partial charge in [-0.1, -0.05) is 61.3 Å². The van der Waals surface area contributed by atoms with Gasteiger partial charge in [0, 0.05) is 66.2 Å². The summed E-state index contributed by atoms with van der Waals surface area (Å²) in [5.74, 6) is 2.33. The van der Waals surface area contributed by atoms with E-state index in [1.807, 2.05) is 44.5 Å². The summed E-state index contributed by atoms with van der Waals surface area (Å²) < 4.78 is 128. The molecule has 2 aliphatic heterocycles. The fourth-order valence-electron chi connectivity index (χ4n) is 9.26. The maximum absolute atomic E-state index is 13.9. The van der Waals surface area contributed by atoms with Crippen molar-refractivity contribution >= 4 is 77.7 Å². The van der Waals surface area contributed by atoms with Crippen molar-refractivity contribution in [2.24, 2.45) is 25.9 Å². The lowest BCUT2D eigenvalue weighted by Gasteiger charge is -2.32. The molecule has 410 valence electrons. The number of rotatable bonds is 12. The molecule has 0 radical (unpaired) electrons. The normalized spacial score (nSPS) is 16.2. The van der Waals surface area contributed by atoms with Crippen molar-refractivity contribution in [1.82, 2.24) is 28.5 Å². The van der Waals surface area contributed by atoms with Gasteiger partial charge in [0.1, 0.15) is 11.6 Å². The van der Waals surface area contributed by atoms with Crippen molar-refractivity contribution in [3.63, 3.8) is 0 Å². The summed E-state index contributed by atoms with van der Waals surface area (Å²) in [5.41, 5.74) is 4.50. The Morgan fingerprint density at radius 3 is 1.37 bits per heavy atom. The lowest BCUT2D eigenvalue weighted by molar-refractivity contribution is -0.139. The second-order valence-corrected chi connectivity index (χ2v) is 27.5. The van der Waals surface area contributed by atoms with Crippen molar-refractivity contribution in [2.75, 3.05) is 36.0 Å². The number of nitrogens with zero attached hydrogens (tertiary/aromatic N) is 6. The minimum atomic E-state index is -4.56. The van der Waals surface area contributed by atoms with Gasteiger partial charge in [-0.05, 0) is 138 Å². The number of imidazole rings is 2. The van der Waals surface area contributed by atoms with E-state index in [0.717, 1.165) is 86.4 Å². The summed E-state index contributed by atoms with van der Waals surface area (Å²) in [5, 5.41) is 1.17. The lowest BCUT2D eigenvalue weighted by Crippen LogP contribution is -2.38. The van der Waals surface area contributed by atoms with Gasteiger partial charge in [-0.25, -0.2) is 32.0 Å². The molecule has 2 fully saturated rings. The molecule has 2 N–H and O–H groups in total. The first kappa shape index (κ1) is 58.3. The van der Waals surface area contributed by atoms with Gasteiger partial charge >= 0.3 is 12.4 Å². The summed E-state index contributed by atoms with van der Waals surface area (Å²) >= 11 is 13.2. The van der Waals surface area contributed by atoms with Gasteiger partial charge in [0.15, 0.2) is 0 Å². The number of alkyl halides is 6. The largest absolute Gasteiger partial charge is 0.416 e. The third kappa shape index (κ3) is 13.8. The molecule has 2 aliphatic rings. The number of fused-ring (bicyclic) bond motifs is 2. The van der Waals surface area contributed by atoms with Crippen molar-refractivity contribution in [3.05, 3.63) is 116 Å². The molecule has 8 rings (SSSR count). The predicted octanol–water partition coefficient (Wildman–Crippen LogP) is 12.9. The number of hydrogen-bond acceptors (Lipinski definition) is 7. The van der Waals surface area contributed by atoms with Crippen molar-refractivity contribution < 1.29 is 39.0 Å². The van der Waals surface area contributed by atoms with Gasteiger partial charge < -0.3 is 18.9 Å². The maximum Gasteiger partial charge on any atom is 0.416 e. The third-order valence-corrected chi connectivity index (χ3v) is 18.5. The van der Waals surface area contributed by atoms with Gasteiger partial charge in [0.05, 0.1) is 75.1 Å². The maximum atomic E-state index is 13.9. The van der Waals surface area contributed by atoms with Gasteiger partial charge in [0.2, 0.25) is 10.0 Å². The van der Waals surface area contributed by atoms with Gasteiger partial charge in [-0.15, -0.1) is 0 Å². The van der Waals surface area contributed by atoms with Crippen LogP contribution in [0.5, 0.6) is 0 Å². The number of piperidine rings is 2. The minimum absolute atomic E-state index is 0.00437. The Kier molecular flexibility index (Phi) is 17.5. The van der Waals surface area contributed by atoms with Crippen LogP contribution in [0.2, 0.25) is 10.0 Å². The van der Waals surface area contributed by atoms with Gasteiger partial charge in [-0.3, -0.25) is 0 Å². The van der Waals surface area contributed by atoms with E-state index in [9.17, 15) is 39.0 Å². The van der Waals surface area contributed by atoms with Crippen LogP contribution in [0.1, 0.15) is 126 Å². The summed E-state index contributed by atoms with van der Waals surface area (Å²) in [6, 6.07) is 15.3. The monoisotopic (exact) mass is 1120 g/mol. The number of anilines is 2. The van der Waals surface area contributed by atoms with Crippen LogP contribution in [0, 0.1) is 11.8 Å². The predicted molar refractivity (Wildman–Crippen MR) is 291 cm³/mol. The van der Waals surface area contributed by atoms with Crippen molar-refractivity contribution in [1.29, 1.82) is 0 Å². The van der Waals surface area contributed by atoms with Crippen LogP contribution in [0.25, 0.3) is 22.1 Å². The topological polar surface area (TPSA) is 117 Å². The zero-order valence-corrected chi connectivity index (χ0v) is 47.3. The Morgan fingerprint density at radius 1 is 0.627 bits per heavy atom. The first-order valence-electron chi connectivity index (χ1n) is 25.1. The number of aryl methyl sites for hydroxylation is 2. The second-order valence-electron chi connectivity index (χ2n) is 22.1. The first-order valence-corrected chi connectivity index (χ1v) is 28.5. The van der Waals surface area contributed by atoms with E-state index in [0.29, 0.717) is 55.7 Å². The molecule has 75 heavy (non-hydrogen) atoms. The summed E-state index contributed by atoms with van der Waals surface area (Å²) in [4.78, 5) is 13.8. The van der Waals surface area contributed by atoms with E-state index in [1.165, 1.54) is 24.3 Å². The second kappa shape index (κ2) is 22.5. The fourth-order valence-corrected chi connectivity index (χ4v) is 11.3. The Hall–Kier alpha value is -4.40. The fraction of sp³-hybridized carbons (Fsp3) is 0.519. The highest BCUT2D eigenvalue weighted by molar-refractivity contribution is 7.90. The number of sulfonamides is 1. The highest BCUT2D eigenvalue weighted by Crippen LogP contribution is 2.39. The minimum Gasteiger partial charge on any atom is -0.370 e. The average Bonchev–Trinajstić information content (AvgIpc) is 3.78. The molecular formula is C54H68Cl2F6N8O3S2. The number of nitrogens with one attached hydrogen (secondary N) is 2. The van der Waals surface area contributed by atoms with E-state index < -0.39 is 54.0 Å². The molecule has 1 unspecified atom stereocenters. The van der Waals surface area contributed by atoms with Crippen molar-refractivity contribution in [3.8, 4) is 0 Å². The highest BCUT2D eigenvalue weighted by Gasteiger charge is 2.36. The van der Waals surface area contributed by atoms with E-state index in [2.05, 4.69) is 43.1 Å². The molecular weight excluding hydrogens is 1060 g/mol. The molecule has 0 aliphatic carbocycles. The molecule has 21 heteroatoms. The SMILES string of the molecule is CC1CCN(c2cc3c(cc2Cl)nc(Cc2cc(CNS(=O)(=O)C(C)(C)C)ccc2C(F)(F)F)n3C)CC1.CC1CCN(c2cc3c(cc2Cl)nc(Cc2cc(CNS(=O)C(C)(C)C)ccc2C(F)(F)F)n3C)CC1. The molecule has 2 saturated heterocycles. The molecule has 4 heterocycles. The van der Waals surface area contributed by atoms with Crippen LogP contribution in [0.4, 0.5) is 37.7 Å². The van der Waals surface area contributed by atoms with E-state index in [1.54, 1.807) is 44.5 Å². The standard InChI is InChI=1S/C27H34ClF3N4O2S.C27H34ClF3N4OS/c1-17-8-10-35(11-9-17)23-15-24-22(14-21(23)28)33-25(34(24)5)13-19-12-18(6-7-20(19)27(29,30)31)16-32-38(36,37)26(2,3)4;1-17-8-10-35(11-9-17)23-15-24-22(14-21(23)28)33-25(34(24)5)13-19-12-18(6-7-20(19)27(29,30)31)16-32-37(36)26(2,3)4/h6-7,12,14-15,17,32H,8-11,13,16H2,1-5H3;6-7,12,14-15,17,32H,8-11,13,16H2,1-5H3. The average molecular weight is 1130 g/mol. The number of benzene rings is 4. The number of hydrogen-bond donors (Lipinski definition) is 2. The Bertz CT molecular complexity index is 3170. The molecule has 0 saturated carbocycles. The molecule has 0 spiro atoms. The van der Waals surface area contributed by atoms with Crippen LogP contribution in [-0.2, 0) is 73.4 Å². The van der Waals surface area contributed by atoms with E-state index in [-0.39, 0.29) is 37.1 Å². The molecule has 4 aromatic carbocycles. The zero-order valence-electron chi connectivity index (χ0n) is 44.2. The molecule has 0 bridgehead atoms. The smallest absolute Gasteiger partial charge is 0.370 e. The highest BCUT2D eigenvalue weighted by atomic mass is 35.5. The number of aromatic nitrogens is 4. The Balaban J connectivity index is 0.000000219. The molecule has 11 nitrogen and oxygen atoms in total. The van der Waals surface area contributed by atoms with Crippen LogP contribution in [0.15, 0.2) is 60.7 Å². The summed E-state index contributed by atoms with van der Waals surface area (Å²) in [6.45, 7) is 18.4. The molecule has 1 atom stereocenters. The van der Waals surface area contributed by atoms with Gasteiger partial charge in [0.25, 0.3) is 0 Å². The number of halogens is 8. The Labute approximate surface area is 449 Å². The van der Waals surface area contributed by atoms with Crippen LogP contribution in [-0.4, -0.2) is 67.4 Å². The molecule has 0 amide bonds. The molecule has 2 aromatic heterocycles. The van der Waals surface area contributed by atoms with Gasteiger partial charge in [-0.2, -0.15) is 26.3 Å². The quantitative estimate of drug-likeness (QED) is 0.117. The molecule has 6 aromatic rings. The van der Waals surface area contributed by atoms with Crippen LogP contribution < -0.4 is 19.2 Å². The van der Waals surface area contributed by atoms with E-state index >= 15 is 0 Å². The van der Waals surface area contributed by atoms with E-state index in [4.69, 9.17) is 23.2 Å². The summed E-state index contributed by atoms with van der Waals surface area (Å²) in [6.07, 6.45) is -4.79. The van der Waals surface area contributed by atoms with Crippen LogP contribution in [0.3, 0.4) is 0 Å². The summed E-state index contributed by atoms with van der Waals surface area (Å²) in [7, 11) is -1.38. The lowest BCUT2D eigenvalue weighted by atomic mass is 9.99. The van der Waals surface area contributed by atoms with Crippen LogP contribution >= 0.6 is 23.2 Å². The Morgan fingerprint density at radius 2 is 1.01 bits per heavy atom. The first-order chi connectivity index (χ1) is 34.8.